The van der Waals surface area contributed by atoms with Crippen LogP contribution in [0.4, 0.5) is 0 Å². The molecule has 1 aromatic rings. The van der Waals surface area contributed by atoms with Gasteiger partial charge in [-0.1, -0.05) is 44.2 Å². The van der Waals surface area contributed by atoms with Crippen molar-refractivity contribution in [3.63, 3.8) is 0 Å². The predicted molar refractivity (Wildman–Crippen MR) is 74.6 cm³/mol. The third kappa shape index (κ3) is 4.08. The number of aliphatic hydroxyl groups is 1. The zero-order chi connectivity index (χ0) is 13.7. The number of hydrogen-bond acceptors (Lipinski definition) is 3. The molecule has 1 N–H and O–H groups in total. The van der Waals surface area contributed by atoms with Gasteiger partial charge < -0.3 is 14.6 Å². The molecular weight excluding hydrogens is 240 g/mol. The number of rotatable bonds is 5. The summed E-state index contributed by atoms with van der Waals surface area (Å²) in [5, 5.41) is 9.30. The van der Waals surface area contributed by atoms with Gasteiger partial charge in [-0.05, 0) is 17.6 Å². The maximum atomic E-state index is 9.30. The van der Waals surface area contributed by atoms with E-state index in [0.717, 1.165) is 6.42 Å². The molecule has 1 heterocycles. The lowest BCUT2D eigenvalue weighted by molar-refractivity contribution is -0.139. The van der Waals surface area contributed by atoms with E-state index < -0.39 is 0 Å². The SMILES string of the molecule is CC(C)CO[C@@H]1C[C@H](c2ccccc2)C=C(CO)O1. The van der Waals surface area contributed by atoms with E-state index in [1.54, 1.807) is 0 Å². The predicted octanol–water partition coefficient (Wildman–Crippen LogP) is 3.07. The molecule has 0 saturated heterocycles. The Labute approximate surface area is 114 Å². The summed E-state index contributed by atoms with van der Waals surface area (Å²) in [6, 6.07) is 10.3. The zero-order valence-electron chi connectivity index (χ0n) is 11.6. The Kier molecular flexibility index (Phi) is 5.00. The molecule has 0 aromatic heterocycles. The Bertz CT molecular complexity index is 411. The summed E-state index contributed by atoms with van der Waals surface area (Å²) in [7, 11) is 0. The molecule has 2 rings (SSSR count). The summed E-state index contributed by atoms with van der Waals surface area (Å²) in [5.41, 5.74) is 1.23. The van der Waals surface area contributed by atoms with Crippen LogP contribution in [0.1, 0.15) is 31.7 Å². The van der Waals surface area contributed by atoms with Crippen molar-refractivity contribution in [1.82, 2.24) is 0 Å². The van der Waals surface area contributed by atoms with Gasteiger partial charge in [-0.3, -0.25) is 0 Å². The molecule has 0 radical (unpaired) electrons. The Morgan fingerprint density at radius 2 is 2.05 bits per heavy atom. The lowest BCUT2D eigenvalue weighted by Crippen LogP contribution is -2.26. The Balaban J connectivity index is 2.07. The third-order valence-electron chi connectivity index (χ3n) is 3.12. The van der Waals surface area contributed by atoms with E-state index in [0.29, 0.717) is 18.3 Å². The number of aliphatic hydroxyl groups excluding tert-OH is 1. The van der Waals surface area contributed by atoms with E-state index >= 15 is 0 Å². The first-order chi connectivity index (χ1) is 9.19. The van der Waals surface area contributed by atoms with Crippen LogP contribution in [0.2, 0.25) is 0 Å². The smallest absolute Gasteiger partial charge is 0.200 e. The highest BCUT2D eigenvalue weighted by Gasteiger charge is 2.25. The highest BCUT2D eigenvalue weighted by molar-refractivity contribution is 5.25. The van der Waals surface area contributed by atoms with E-state index in [1.807, 2.05) is 24.3 Å². The van der Waals surface area contributed by atoms with Crippen LogP contribution in [0.25, 0.3) is 0 Å². The van der Waals surface area contributed by atoms with Gasteiger partial charge in [0, 0.05) is 12.3 Å². The fraction of sp³-hybridized carbons (Fsp3) is 0.500. The van der Waals surface area contributed by atoms with Crippen LogP contribution in [0.3, 0.4) is 0 Å². The third-order valence-corrected chi connectivity index (χ3v) is 3.12. The molecular formula is C16H22O3. The van der Waals surface area contributed by atoms with Crippen molar-refractivity contribution in [2.45, 2.75) is 32.5 Å². The van der Waals surface area contributed by atoms with E-state index in [2.05, 4.69) is 26.0 Å². The second-order valence-corrected chi connectivity index (χ2v) is 5.32. The minimum absolute atomic E-state index is 0.0785. The summed E-state index contributed by atoms with van der Waals surface area (Å²) < 4.78 is 11.4. The fourth-order valence-corrected chi connectivity index (χ4v) is 2.18. The first-order valence-corrected chi connectivity index (χ1v) is 6.83. The molecule has 0 fully saturated rings. The van der Waals surface area contributed by atoms with Crippen LogP contribution in [0.15, 0.2) is 42.2 Å². The molecule has 3 nitrogen and oxygen atoms in total. The molecule has 19 heavy (non-hydrogen) atoms. The quantitative estimate of drug-likeness (QED) is 0.886. The molecule has 1 aliphatic heterocycles. The van der Waals surface area contributed by atoms with Gasteiger partial charge in [0.05, 0.1) is 6.61 Å². The lowest BCUT2D eigenvalue weighted by Gasteiger charge is -2.29. The van der Waals surface area contributed by atoms with E-state index in [4.69, 9.17) is 9.47 Å². The lowest BCUT2D eigenvalue weighted by atomic mass is 9.93. The van der Waals surface area contributed by atoms with Crippen molar-refractivity contribution < 1.29 is 14.6 Å². The summed E-state index contributed by atoms with van der Waals surface area (Å²) in [6.45, 7) is 4.82. The van der Waals surface area contributed by atoms with Gasteiger partial charge in [0.2, 0.25) is 0 Å². The number of allylic oxidation sites excluding steroid dienone is 1. The van der Waals surface area contributed by atoms with Gasteiger partial charge in [-0.15, -0.1) is 0 Å². The van der Waals surface area contributed by atoms with Crippen molar-refractivity contribution in [2.75, 3.05) is 13.2 Å². The highest BCUT2D eigenvalue weighted by atomic mass is 16.7. The maximum absolute atomic E-state index is 9.30. The Morgan fingerprint density at radius 1 is 1.32 bits per heavy atom. The van der Waals surface area contributed by atoms with Crippen molar-refractivity contribution in [3.8, 4) is 0 Å². The number of ether oxygens (including phenoxy) is 2. The molecule has 0 amide bonds. The monoisotopic (exact) mass is 262 g/mol. The topological polar surface area (TPSA) is 38.7 Å². The van der Waals surface area contributed by atoms with Gasteiger partial charge >= 0.3 is 0 Å². The van der Waals surface area contributed by atoms with E-state index in [9.17, 15) is 5.11 Å². The van der Waals surface area contributed by atoms with Gasteiger partial charge in [-0.25, -0.2) is 0 Å². The summed E-state index contributed by atoms with van der Waals surface area (Å²) in [5.74, 6) is 1.32. The van der Waals surface area contributed by atoms with E-state index in [1.165, 1.54) is 5.56 Å². The molecule has 0 saturated carbocycles. The summed E-state index contributed by atoms with van der Waals surface area (Å²) >= 11 is 0. The summed E-state index contributed by atoms with van der Waals surface area (Å²) in [4.78, 5) is 0. The molecule has 104 valence electrons. The average molecular weight is 262 g/mol. The molecule has 3 heteroatoms. The van der Waals surface area contributed by atoms with Crippen molar-refractivity contribution in [1.29, 1.82) is 0 Å². The van der Waals surface area contributed by atoms with Crippen LogP contribution in [0.5, 0.6) is 0 Å². The van der Waals surface area contributed by atoms with Gasteiger partial charge in [-0.2, -0.15) is 0 Å². The van der Waals surface area contributed by atoms with E-state index in [-0.39, 0.29) is 18.8 Å². The van der Waals surface area contributed by atoms with Crippen molar-refractivity contribution in [2.24, 2.45) is 5.92 Å². The van der Waals surface area contributed by atoms with Crippen LogP contribution in [0, 0.1) is 5.92 Å². The van der Waals surface area contributed by atoms with Gasteiger partial charge in [0.15, 0.2) is 6.29 Å². The van der Waals surface area contributed by atoms with Gasteiger partial charge in [0.25, 0.3) is 0 Å². The maximum Gasteiger partial charge on any atom is 0.200 e. The number of benzene rings is 1. The normalized spacial score (nSPS) is 23.1. The van der Waals surface area contributed by atoms with Crippen LogP contribution in [-0.4, -0.2) is 24.6 Å². The summed E-state index contributed by atoms with van der Waals surface area (Å²) in [6.07, 6.45) is 2.52. The number of hydrogen-bond donors (Lipinski definition) is 1. The van der Waals surface area contributed by atoms with Crippen LogP contribution >= 0.6 is 0 Å². The average Bonchev–Trinajstić information content (AvgIpc) is 2.45. The van der Waals surface area contributed by atoms with Crippen molar-refractivity contribution in [3.05, 3.63) is 47.7 Å². The van der Waals surface area contributed by atoms with Crippen LogP contribution in [-0.2, 0) is 9.47 Å². The Hall–Kier alpha value is -1.32. The molecule has 1 aliphatic rings. The molecule has 0 unspecified atom stereocenters. The molecule has 2 atom stereocenters. The minimum Gasteiger partial charge on any atom is -0.467 e. The van der Waals surface area contributed by atoms with Crippen molar-refractivity contribution >= 4 is 0 Å². The first kappa shape index (κ1) is 14.1. The minimum atomic E-state index is -0.264. The highest BCUT2D eigenvalue weighted by Crippen LogP contribution is 2.31. The molecule has 0 bridgehead atoms. The standard InChI is InChI=1S/C16H22O3/c1-12(2)11-18-16-9-14(8-15(10-17)19-16)13-6-4-3-5-7-13/h3-8,12,14,16-17H,9-11H2,1-2H3/t14-,16+/m1/s1. The molecule has 1 aromatic carbocycles. The van der Waals surface area contributed by atoms with Gasteiger partial charge in [0.1, 0.15) is 12.4 Å². The largest absolute Gasteiger partial charge is 0.467 e. The molecule has 0 spiro atoms. The Morgan fingerprint density at radius 3 is 2.68 bits per heavy atom. The second-order valence-electron chi connectivity index (χ2n) is 5.32. The second kappa shape index (κ2) is 6.73. The fourth-order valence-electron chi connectivity index (χ4n) is 2.18. The first-order valence-electron chi connectivity index (χ1n) is 6.83. The van der Waals surface area contributed by atoms with Crippen LogP contribution < -0.4 is 0 Å². The zero-order valence-corrected chi connectivity index (χ0v) is 11.6. The molecule has 0 aliphatic carbocycles.